The average Bonchev–Trinajstić information content (AvgIpc) is 2.34. The summed E-state index contributed by atoms with van der Waals surface area (Å²) < 4.78 is 14.1. The number of nitrogen functional groups attached to an aromatic ring is 1. The van der Waals surface area contributed by atoms with E-state index in [4.69, 9.17) is 17.3 Å². The molecule has 2 aromatic carbocycles. The summed E-state index contributed by atoms with van der Waals surface area (Å²) >= 11 is 10.9. The summed E-state index contributed by atoms with van der Waals surface area (Å²) in [6.45, 7) is 0. The van der Waals surface area contributed by atoms with Crippen LogP contribution in [0.25, 0.3) is 0 Å². The second kappa shape index (κ2) is 5.95. The number of benzene rings is 2. The van der Waals surface area contributed by atoms with Crippen molar-refractivity contribution in [2.45, 2.75) is 10.6 Å². The lowest BCUT2D eigenvalue weighted by atomic mass is 10.2. The van der Waals surface area contributed by atoms with Crippen molar-refractivity contribution in [3.63, 3.8) is 0 Å². The summed E-state index contributed by atoms with van der Waals surface area (Å²) in [7, 11) is 0. The van der Waals surface area contributed by atoms with E-state index in [9.17, 15) is 4.39 Å². The fraction of sp³-hybridized carbons (Fsp3) is 0.0769. The second-order valence-electron chi connectivity index (χ2n) is 3.71. The third-order valence-corrected chi connectivity index (χ3v) is 4.35. The van der Waals surface area contributed by atoms with Gasteiger partial charge in [-0.2, -0.15) is 0 Å². The zero-order valence-corrected chi connectivity index (χ0v) is 12.4. The van der Waals surface area contributed by atoms with Crippen LogP contribution in [0, 0.1) is 5.82 Å². The van der Waals surface area contributed by atoms with Gasteiger partial charge in [-0.25, -0.2) is 4.39 Å². The van der Waals surface area contributed by atoms with E-state index in [0.29, 0.717) is 16.5 Å². The minimum absolute atomic E-state index is 0.280. The monoisotopic (exact) mass is 345 g/mol. The standard InChI is InChI=1S/C13H10BrClFNS/c14-9-1-4-12(17)13(6-9)18-7-8-5-10(16)2-3-11(8)15/h1-6H,7,17H2. The van der Waals surface area contributed by atoms with Crippen LogP contribution < -0.4 is 5.73 Å². The van der Waals surface area contributed by atoms with Gasteiger partial charge in [0.2, 0.25) is 0 Å². The molecule has 18 heavy (non-hydrogen) atoms. The van der Waals surface area contributed by atoms with Crippen molar-refractivity contribution in [3.8, 4) is 0 Å². The van der Waals surface area contributed by atoms with Crippen LogP contribution in [0.4, 0.5) is 10.1 Å². The second-order valence-corrected chi connectivity index (χ2v) is 6.05. The Balaban J connectivity index is 2.16. The molecule has 0 saturated heterocycles. The third-order valence-electron chi connectivity index (χ3n) is 2.37. The van der Waals surface area contributed by atoms with Gasteiger partial charge >= 0.3 is 0 Å². The lowest BCUT2D eigenvalue weighted by Crippen LogP contribution is -1.90. The first-order chi connectivity index (χ1) is 8.56. The summed E-state index contributed by atoms with van der Waals surface area (Å²) in [6.07, 6.45) is 0. The molecule has 0 aliphatic heterocycles. The lowest BCUT2D eigenvalue weighted by Gasteiger charge is -2.07. The van der Waals surface area contributed by atoms with Crippen molar-refractivity contribution in [3.05, 3.63) is 57.3 Å². The molecule has 94 valence electrons. The van der Waals surface area contributed by atoms with Crippen LogP contribution in [0.15, 0.2) is 45.8 Å². The van der Waals surface area contributed by atoms with Crippen molar-refractivity contribution in [1.82, 2.24) is 0 Å². The largest absolute Gasteiger partial charge is 0.398 e. The van der Waals surface area contributed by atoms with E-state index >= 15 is 0 Å². The summed E-state index contributed by atoms with van der Waals surface area (Å²) in [5.74, 6) is 0.300. The normalized spacial score (nSPS) is 10.6. The molecule has 0 aromatic heterocycles. The van der Waals surface area contributed by atoms with Gasteiger partial charge in [-0.1, -0.05) is 27.5 Å². The molecule has 1 nitrogen and oxygen atoms in total. The SMILES string of the molecule is Nc1ccc(Br)cc1SCc1cc(F)ccc1Cl. The first-order valence-electron chi connectivity index (χ1n) is 5.18. The van der Waals surface area contributed by atoms with E-state index in [-0.39, 0.29) is 5.82 Å². The van der Waals surface area contributed by atoms with Crippen molar-refractivity contribution < 1.29 is 4.39 Å². The van der Waals surface area contributed by atoms with Crippen LogP contribution >= 0.6 is 39.3 Å². The molecule has 0 fully saturated rings. The van der Waals surface area contributed by atoms with Gasteiger partial charge in [0.25, 0.3) is 0 Å². The third kappa shape index (κ3) is 3.40. The highest BCUT2D eigenvalue weighted by atomic mass is 79.9. The van der Waals surface area contributed by atoms with E-state index in [1.807, 2.05) is 18.2 Å². The summed E-state index contributed by atoms with van der Waals surface area (Å²) in [5, 5.41) is 0.567. The summed E-state index contributed by atoms with van der Waals surface area (Å²) in [5.41, 5.74) is 7.34. The smallest absolute Gasteiger partial charge is 0.123 e. The molecule has 2 aromatic rings. The van der Waals surface area contributed by atoms with Crippen LogP contribution in [0.5, 0.6) is 0 Å². The number of hydrogen-bond acceptors (Lipinski definition) is 2. The minimum atomic E-state index is -0.280. The Hall–Kier alpha value is -0.710. The van der Waals surface area contributed by atoms with Gasteiger partial charge in [-0.15, -0.1) is 11.8 Å². The minimum Gasteiger partial charge on any atom is -0.398 e. The van der Waals surface area contributed by atoms with Gasteiger partial charge in [0.05, 0.1) is 0 Å². The topological polar surface area (TPSA) is 26.0 Å². The first kappa shape index (κ1) is 13.7. The van der Waals surface area contributed by atoms with Crippen molar-refractivity contribution in [2.75, 3.05) is 5.73 Å². The van der Waals surface area contributed by atoms with Gasteiger partial charge in [0, 0.05) is 25.8 Å². The zero-order valence-electron chi connectivity index (χ0n) is 9.29. The maximum atomic E-state index is 13.1. The lowest BCUT2D eigenvalue weighted by molar-refractivity contribution is 0.626. The first-order valence-corrected chi connectivity index (χ1v) is 7.33. The Kier molecular flexibility index (Phi) is 4.54. The van der Waals surface area contributed by atoms with Crippen LogP contribution in [0.3, 0.4) is 0 Å². The molecular weight excluding hydrogens is 337 g/mol. The number of rotatable bonds is 3. The Morgan fingerprint density at radius 1 is 1.22 bits per heavy atom. The number of thioether (sulfide) groups is 1. The molecule has 0 atom stereocenters. The zero-order chi connectivity index (χ0) is 13.1. The van der Waals surface area contributed by atoms with E-state index < -0.39 is 0 Å². The molecule has 0 amide bonds. The van der Waals surface area contributed by atoms with Crippen LogP contribution in [-0.4, -0.2) is 0 Å². The Morgan fingerprint density at radius 2 is 2.00 bits per heavy atom. The molecule has 0 saturated carbocycles. The maximum absolute atomic E-state index is 13.1. The van der Waals surface area contributed by atoms with Crippen LogP contribution in [0.1, 0.15) is 5.56 Å². The summed E-state index contributed by atoms with van der Waals surface area (Å²) in [4.78, 5) is 0.949. The van der Waals surface area contributed by atoms with E-state index in [1.54, 1.807) is 6.07 Å². The molecular formula is C13H10BrClFNS. The van der Waals surface area contributed by atoms with Crippen LogP contribution in [0.2, 0.25) is 5.02 Å². The Morgan fingerprint density at radius 3 is 2.78 bits per heavy atom. The molecule has 2 N–H and O–H groups in total. The molecule has 0 aliphatic carbocycles. The quantitative estimate of drug-likeness (QED) is 0.617. The van der Waals surface area contributed by atoms with Crippen molar-refractivity contribution in [2.24, 2.45) is 0 Å². The van der Waals surface area contributed by atoms with Gasteiger partial charge in [-0.05, 0) is 42.0 Å². The number of nitrogens with two attached hydrogens (primary N) is 1. The maximum Gasteiger partial charge on any atom is 0.123 e. The average molecular weight is 347 g/mol. The summed E-state index contributed by atoms with van der Waals surface area (Å²) in [6, 6.07) is 10.0. The molecule has 0 bridgehead atoms. The fourth-order valence-corrected chi connectivity index (χ4v) is 3.21. The predicted molar refractivity (Wildman–Crippen MR) is 79.5 cm³/mol. The van der Waals surface area contributed by atoms with Gasteiger partial charge in [0.1, 0.15) is 5.82 Å². The van der Waals surface area contributed by atoms with E-state index in [1.165, 1.54) is 23.9 Å². The molecule has 0 spiro atoms. The van der Waals surface area contributed by atoms with Crippen LogP contribution in [-0.2, 0) is 5.75 Å². The van der Waals surface area contributed by atoms with Gasteiger partial charge in [-0.3, -0.25) is 0 Å². The Labute approximate surface area is 123 Å². The molecule has 5 heteroatoms. The number of hydrogen-bond donors (Lipinski definition) is 1. The Bertz CT molecular complexity index is 525. The highest BCUT2D eigenvalue weighted by Crippen LogP contribution is 2.32. The van der Waals surface area contributed by atoms with Gasteiger partial charge in [0.15, 0.2) is 0 Å². The van der Waals surface area contributed by atoms with E-state index in [2.05, 4.69) is 15.9 Å². The molecule has 0 aliphatic rings. The predicted octanol–water partition coefficient (Wildman–Crippen LogP) is 5.12. The highest BCUT2D eigenvalue weighted by Gasteiger charge is 2.06. The molecule has 2 rings (SSSR count). The molecule has 0 radical (unpaired) electrons. The highest BCUT2D eigenvalue weighted by molar-refractivity contribution is 9.10. The number of anilines is 1. The molecule has 0 unspecified atom stereocenters. The molecule has 0 heterocycles. The van der Waals surface area contributed by atoms with Gasteiger partial charge < -0.3 is 5.73 Å². The number of halogens is 3. The fourth-order valence-electron chi connectivity index (χ4n) is 1.44. The van der Waals surface area contributed by atoms with Crippen molar-refractivity contribution in [1.29, 1.82) is 0 Å². The van der Waals surface area contributed by atoms with E-state index in [0.717, 1.165) is 14.9 Å². The van der Waals surface area contributed by atoms with Crippen molar-refractivity contribution >= 4 is 45.0 Å².